The van der Waals surface area contributed by atoms with Crippen LogP contribution in [0.5, 0.6) is 0 Å². The smallest absolute Gasteiger partial charge is 0.382 e. The summed E-state index contributed by atoms with van der Waals surface area (Å²) in [6.07, 6.45) is -1.96. The number of hydrogen-bond donors (Lipinski definition) is 2. The van der Waals surface area contributed by atoms with Gasteiger partial charge in [-0.05, 0) is 24.3 Å². The summed E-state index contributed by atoms with van der Waals surface area (Å²) in [5.41, 5.74) is 7.94. The van der Waals surface area contributed by atoms with Crippen LogP contribution in [0, 0.1) is 0 Å². The molecule has 0 spiro atoms. The number of halogens is 3. The lowest BCUT2D eigenvalue weighted by Gasteiger charge is -2.14. The second kappa shape index (κ2) is 9.61. The molecule has 5 aromatic rings. The van der Waals surface area contributed by atoms with Crippen LogP contribution in [0.15, 0.2) is 79.1 Å². The summed E-state index contributed by atoms with van der Waals surface area (Å²) >= 11 is 0. The van der Waals surface area contributed by atoms with Crippen molar-refractivity contribution in [2.75, 3.05) is 5.73 Å². The van der Waals surface area contributed by atoms with Gasteiger partial charge in [0, 0.05) is 28.9 Å². The van der Waals surface area contributed by atoms with E-state index in [2.05, 4.69) is 30.2 Å². The van der Waals surface area contributed by atoms with E-state index in [0.29, 0.717) is 17.0 Å². The maximum absolute atomic E-state index is 13.0. The van der Waals surface area contributed by atoms with Gasteiger partial charge in [-0.2, -0.15) is 13.2 Å². The van der Waals surface area contributed by atoms with Crippen molar-refractivity contribution in [3.8, 4) is 22.5 Å². The van der Waals surface area contributed by atoms with E-state index in [0.717, 1.165) is 28.7 Å². The number of hydrogen-bond acceptors (Lipinski definition) is 7. The molecule has 0 atom stereocenters. The van der Waals surface area contributed by atoms with Crippen molar-refractivity contribution >= 4 is 22.6 Å². The molecule has 8 nitrogen and oxygen atoms in total. The number of aromatic nitrogens is 5. The van der Waals surface area contributed by atoms with E-state index >= 15 is 0 Å². The number of nitrogens with two attached hydrogens (primary N) is 1. The quantitative estimate of drug-likeness (QED) is 0.359. The molecule has 184 valence electrons. The fourth-order valence-corrected chi connectivity index (χ4v) is 3.72. The number of alkyl halides is 3. The standard InChI is InChI=1S/C26H18F3N7O/c27-26(28,29)19-10-12-32-20(34-19)14-33-25(37)23-24(30)36-21(15-5-2-1-3-6-15)22(35-23)17-8-9-18-16(13-17)7-4-11-31-18/h1-13H,14H2,(H2,30,36)(H,33,37). The van der Waals surface area contributed by atoms with Crippen LogP contribution in [0.1, 0.15) is 22.0 Å². The molecule has 0 bridgehead atoms. The Morgan fingerprint density at radius 3 is 2.41 bits per heavy atom. The maximum Gasteiger partial charge on any atom is 0.433 e. The highest BCUT2D eigenvalue weighted by Gasteiger charge is 2.32. The number of benzene rings is 2. The first-order valence-electron chi connectivity index (χ1n) is 11.0. The molecule has 0 saturated carbocycles. The van der Waals surface area contributed by atoms with E-state index in [4.69, 9.17) is 5.73 Å². The molecule has 5 rings (SSSR count). The number of nitrogens with one attached hydrogen (secondary N) is 1. The van der Waals surface area contributed by atoms with Crippen molar-refractivity contribution in [3.05, 3.63) is 96.3 Å². The molecule has 11 heteroatoms. The molecule has 3 N–H and O–H groups in total. The summed E-state index contributed by atoms with van der Waals surface area (Å²) in [4.78, 5) is 33.6. The molecular weight excluding hydrogens is 483 g/mol. The van der Waals surface area contributed by atoms with Crippen LogP contribution in [-0.2, 0) is 12.7 Å². The van der Waals surface area contributed by atoms with Gasteiger partial charge in [-0.3, -0.25) is 9.78 Å². The number of carbonyl (C=O) groups excluding carboxylic acids is 1. The minimum atomic E-state index is -4.63. The zero-order chi connectivity index (χ0) is 26.0. The molecule has 0 aliphatic carbocycles. The molecule has 0 saturated heterocycles. The van der Waals surface area contributed by atoms with Crippen LogP contribution < -0.4 is 11.1 Å². The molecule has 0 unspecified atom stereocenters. The number of rotatable bonds is 5. The largest absolute Gasteiger partial charge is 0.433 e. The summed E-state index contributed by atoms with van der Waals surface area (Å²) in [6, 6.07) is 19.3. The normalized spacial score (nSPS) is 11.4. The Morgan fingerprint density at radius 2 is 1.62 bits per heavy atom. The Hall–Kier alpha value is -4.93. The van der Waals surface area contributed by atoms with Crippen molar-refractivity contribution in [2.24, 2.45) is 0 Å². The molecular formula is C26H18F3N7O. The van der Waals surface area contributed by atoms with Gasteiger partial charge in [0.2, 0.25) is 0 Å². The van der Waals surface area contributed by atoms with E-state index in [1.54, 1.807) is 6.20 Å². The van der Waals surface area contributed by atoms with Crippen molar-refractivity contribution < 1.29 is 18.0 Å². The van der Waals surface area contributed by atoms with E-state index in [1.807, 2.05) is 60.7 Å². The van der Waals surface area contributed by atoms with E-state index in [-0.39, 0.29) is 23.9 Å². The van der Waals surface area contributed by atoms with Crippen LogP contribution in [0.25, 0.3) is 33.4 Å². The van der Waals surface area contributed by atoms with Gasteiger partial charge in [-0.15, -0.1) is 0 Å². The third kappa shape index (κ3) is 5.06. The zero-order valence-electron chi connectivity index (χ0n) is 19.1. The minimum Gasteiger partial charge on any atom is -0.382 e. The highest BCUT2D eigenvalue weighted by molar-refractivity contribution is 5.98. The number of carbonyl (C=O) groups is 1. The number of pyridine rings is 1. The third-order valence-corrected chi connectivity index (χ3v) is 5.46. The van der Waals surface area contributed by atoms with Crippen molar-refractivity contribution in [3.63, 3.8) is 0 Å². The van der Waals surface area contributed by atoms with Crippen LogP contribution in [0.4, 0.5) is 19.0 Å². The average molecular weight is 501 g/mol. The molecule has 37 heavy (non-hydrogen) atoms. The number of amides is 1. The Bertz CT molecular complexity index is 1610. The molecule has 1 amide bonds. The van der Waals surface area contributed by atoms with Gasteiger partial charge >= 0.3 is 6.18 Å². The number of fused-ring (bicyclic) bond motifs is 1. The fourth-order valence-electron chi connectivity index (χ4n) is 3.72. The van der Waals surface area contributed by atoms with E-state index < -0.39 is 17.8 Å². The van der Waals surface area contributed by atoms with Gasteiger partial charge in [-0.1, -0.05) is 42.5 Å². The summed E-state index contributed by atoms with van der Waals surface area (Å²) in [6.45, 7) is -0.360. The highest BCUT2D eigenvalue weighted by Crippen LogP contribution is 2.32. The van der Waals surface area contributed by atoms with Gasteiger partial charge in [0.25, 0.3) is 5.91 Å². The summed E-state index contributed by atoms with van der Waals surface area (Å²) in [7, 11) is 0. The minimum absolute atomic E-state index is 0.132. The number of anilines is 1. The van der Waals surface area contributed by atoms with Gasteiger partial charge in [0.15, 0.2) is 11.5 Å². The Labute approximate surface area is 208 Å². The van der Waals surface area contributed by atoms with Crippen molar-refractivity contribution in [1.82, 2.24) is 30.2 Å². The number of nitrogens with zero attached hydrogens (tertiary/aromatic N) is 5. The first kappa shape index (κ1) is 23.8. The lowest BCUT2D eigenvalue weighted by atomic mass is 10.0. The topological polar surface area (TPSA) is 120 Å². The average Bonchev–Trinajstić information content (AvgIpc) is 2.91. The lowest BCUT2D eigenvalue weighted by molar-refractivity contribution is -0.141. The predicted octanol–water partition coefficient (Wildman–Crippen LogP) is 4.68. The predicted molar refractivity (Wildman–Crippen MR) is 131 cm³/mol. The maximum atomic E-state index is 13.0. The van der Waals surface area contributed by atoms with Gasteiger partial charge in [0.05, 0.1) is 23.4 Å². The van der Waals surface area contributed by atoms with Gasteiger partial charge in [-0.25, -0.2) is 19.9 Å². The summed E-state index contributed by atoms with van der Waals surface area (Å²) in [5.74, 6) is -1.07. The Kier molecular flexibility index (Phi) is 6.18. The second-order valence-corrected chi connectivity index (χ2v) is 7.97. The van der Waals surface area contributed by atoms with E-state index in [1.165, 1.54) is 0 Å². The van der Waals surface area contributed by atoms with E-state index in [9.17, 15) is 18.0 Å². The summed E-state index contributed by atoms with van der Waals surface area (Å²) < 4.78 is 38.8. The molecule has 0 aliphatic rings. The van der Waals surface area contributed by atoms with Gasteiger partial charge in [0.1, 0.15) is 11.5 Å². The number of nitrogen functional groups attached to an aromatic ring is 1. The molecule has 0 fully saturated rings. The molecule has 0 aliphatic heterocycles. The van der Waals surface area contributed by atoms with Gasteiger partial charge < -0.3 is 11.1 Å². The Balaban J connectivity index is 1.52. The molecule has 2 aromatic carbocycles. The third-order valence-electron chi connectivity index (χ3n) is 5.46. The van der Waals surface area contributed by atoms with Crippen LogP contribution in [0.2, 0.25) is 0 Å². The van der Waals surface area contributed by atoms with Crippen molar-refractivity contribution in [1.29, 1.82) is 0 Å². The zero-order valence-corrected chi connectivity index (χ0v) is 19.1. The van der Waals surface area contributed by atoms with Crippen LogP contribution >= 0.6 is 0 Å². The molecule has 0 radical (unpaired) electrons. The second-order valence-electron chi connectivity index (χ2n) is 7.97. The monoisotopic (exact) mass is 501 g/mol. The van der Waals surface area contributed by atoms with Crippen LogP contribution in [-0.4, -0.2) is 30.8 Å². The van der Waals surface area contributed by atoms with Crippen molar-refractivity contribution in [2.45, 2.75) is 12.7 Å². The highest BCUT2D eigenvalue weighted by atomic mass is 19.4. The summed E-state index contributed by atoms with van der Waals surface area (Å²) in [5, 5.41) is 3.34. The van der Waals surface area contributed by atoms with Crippen LogP contribution in [0.3, 0.4) is 0 Å². The fraction of sp³-hybridized carbons (Fsp3) is 0.0769. The molecule has 3 aromatic heterocycles. The first-order valence-corrected chi connectivity index (χ1v) is 11.0. The lowest BCUT2D eigenvalue weighted by Crippen LogP contribution is -2.27. The Morgan fingerprint density at radius 1 is 0.838 bits per heavy atom. The SMILES string of the molecule is Nc1nc(-c2ccccc2)c(-c2ccc3ncccc3c2)nc1C(=O)NCc1nccc(C(F)(F)F)n1. The first-order chi connectivity index (χ1) is 17.8. The molecule has 3 heterocycles.